The highest BCUT2D eigenvalue weighted by Gasteiger charge is 2.41. The molecule has 32 heavy (non-hydrogen) atoms. The predicted molar refractivity (Wildman–Crippen MR) is 119 cm³/mol. The number of halogens is 3. The largest absolute Gasteiger partial charge is 0.491 e. The summed E-state index contributed by atoms with van der Waals surface area (Å²) < 4.78 is 42.9. The number of carbonyl (C=O) groups is 1. The number of rotatable bonds is 10. The van der Waals surface area contributed by atoms with Gasteiger partial charge in [-0.15, -0.1) is 11.3 Å². The van der Waals surface area contributed by atoms with Crippen LogP contribution in [0.1, 0.15) is 28.0 Å². The lowest BCUT2D eigenvalue weighted by Gasteiger charge is -2.23. The maximum Gasteiger partial charge on any atom is 0.491 e. The Hall–Kier alpha value is -2.68. The van der Waals surface area contributed by atoms with Gasteiger partial charge in [-0.3, -0.25) is 4.90 Å². The summed E-state index contributed by atoms with van der Waals surface area (Å²) >= 11 is 1.62. The summed E-state index contributed by atoms with van der Waals surface area (Å²) in [6.45, 7) is 1.94. The van der Waals surface area contributed by atoms with E-state index in [1.165, 1.54) is 11.6 Å². The molecular formula is C24H25F3N2O2S. The average Bonchev–Trinajstić information content (AvgIpc) is 3.28. The van der Waals surface area contributed by atoms with Gasteiger partial charge in [0.1, 0.15) is 5.75 Å². The highest BCUT2D eigenvalue weighted by molar-refractivity contribution is 7.09. The van der Waals surface area contributed by atoms with Gasteiger partial charge in [0.2, 0.25) is 0 Å². The number of benzene rings is 2. The number of aryl methyl sites for hydroxylation is 1. The number of hydrogen-bond donors (Lipinski definition) is 1. The van der Waals surface area contributed by atoms with E-state index in [1.807, 2.05) is 35.7 Å². The van der Waals surface area contributed by atoms with Gasteiger partial charge >= 0.3 is 12.1 Å². The van der Waals surface area contributed by atoms with Crippen molar-refractivity contribution in [3.8, 4) is 5.75 Å². The molecule has 2 N–H and O–H groups in total. The van der Waals surface area contributed by atoms with Gasteiger partial charge in [-0.25, -0.2) is 4.79 Å². The summed E-state index contributed by atoms with van der Waals surface area (Å²) in [5.74, 6) is -2.32. The fraction of sp³-hybridized carbons (Fsp3) is 0.292. The monoisotopic (exact) mass is 462 g/mol. The number of thiophene rings is 1. The number of esters is 1. The van der Waals surface area contributed by atoms with E-state index in [9.17, 15) is 18.0 Å². The second kappa shape index (κ2) is 11.3. The Morgan fingerprint density at radius 1 is 1.00 bits per heavy atom. The molecule has 0 unspecified atom stereocenters. The fourth-order valence-electron chi connectivity index (χ4n) is 3.37. The number of nitrogens with zero attached hydrogens (tertiary/aromatic N) is 1. The molecule has 0 aliphatic carbocycles. The van der Waals surface area contributed by atoms with Gasteiger partial charge in [-0.05, 0) is 54.1 Å². The van der Waals surface area contributed by atoms with Gasteiger partial charge in [0, 0.05) is 30.1 Å². The van der Waals surface area contributed by atoms with Crippen molar-refractivity contribution >= 4 is 17.3 Å². The van der Waals surface area contributed by atoms with E-state index in [0.717, 1.165) is 29.8 Å². The molecule has 4 nitrogen and oxygen atoms in total. The maximum absolute atomic E-state index is 12.8. The summed E-state index contributed by atoms with van der Waals surface area (Å²) in [5, 5.41) is 1.99. The van der Waals surface area contributed by atoms with Crippen LogP contribution in [0.3, 0.4) is 0 Å². The molecule has 0 bridgehead atoms. The van der Waals surface area contributed by atoms with Crippen LogP contribution in [-0.4, -0.2) is 23.6 Å². The molecule has 0 spiro atoms. The van der Waals surface area contributed by atoms with Crippen molar-refractivity contribution in [2.45, 2.75) is 38.7 Å². The van der Waals surface area contributed by atoms with E-state index in [-0.39, 0.29) is 12.3 Å². The molecule has 0 saturated heterocycles. The zero-order valence-corrected chi connectivity index (χ0v) is 18.3. The molecule has 3 rings (SSSR count). The molecule has 3 aromatic rings. The first-order chi connectivity index (χ1) is 15.3. The summed E-state index contributed by atoms with van der Waals surface area (Å²) in [4.78, 5) is 14.7. The van der Waals surface area contributed by atoms with Crippen LogP contribution in [0.2, 0.25) is 0 Å². The summed E-state index contributed by atoms with van der Waals surface area (Å²) in [7, 11) is 0. The number of ether oxygens (including phenoxy) is 1. The van der Waals surface area contributed by atoms with Crippen LogP contribution in [0.4, 0.5) is 13.2 Å². The Kier molecular flexibility index (Phi) is 8.44. The van der Waals surface area contributed by atoms with Crippen LogP contribution < -0.4 is 10.5 Å². The molecule has 0 saturated carbocycles. The van der Waals surface area contributed by atoms with Crippen LogP contribution in [-0.2, 0) is 30.8 Å². The van der Waals surface area contributed by atoms with E-state index in [2.05, 4.69) is 17.0 Å². The minimum Gasteiger partial charge on any atom is -0.420 e. The molecule has 0 aliphatic rings. The second-order valence-corrected chi connectivity index (χ2v) is 8.44. The minimum absolute atomic E-state index is 0.0937. The van der Waals surface area contributed by atoms with Crippen LogP contribution in [0.5, 0.6) is 5.75 Å². The third-order valence-corrected chi connectivity index (χ3v) is 5.79. The topological polar surface area (TPSA) is 55.6 Å². The molecule has 0 amide bonds. The molecule has 170 valence electrons. The van der Waals surface area contributed by atoms with E-state index in [0.29, 0.717) is 18.7 Å². The van der Waals surface area contributed by atoms with Crippen LogP contribution in [0, 0.1) is 0 Å². The Balaban J connectivity index is 1.77. The molecule has 1 heterocycles. The lowest BCUT2D eigenvalue weighted by Crippen LogP contribution is -2.29. The van der Waals surface area contributed by atoms with Gasteiger partial charge in [0.15, 0.2) is 0 Å². The van der Waals surface area contributed by atoms with Crippen molar-refractivity contribution in [1.29, 1.82) is 0 Å². The lowest BCUT2D eigenvalue weighted by atomic mass is 10.1. The lowest BCUT2D eigenvalue weighted by molar-refractivity contribution is -0.189. The van der Waals surface area contributed by atoms with Gasteiger partial charge in [0.05, 0.1) is 0 Å². The number of alkyl halides is 3. The maximum atomic E-state index is 12.8. The standard InChI is InChI=1S/C24H25F3N2O2S/c25-24(26,27)23(30)31-22-11-10-19(15-28)14-20(22)16-29(17-21-9-5-13-32-21)12-4-8-18-6-2-1-3-7-18/h1-3,5-7,9-11,13-14H,4,8,12,15-17,28H2. The Morgan fingerprint density at radius 2 is 1.78 bits per heavy atom. The first-order valence-electron chi connectivity index (χ1n) is 10.2. The van der Waals surface area contributed by atoms with Crippen LogP contribution >= 0.6 is 11.3 Å². The smallest absolute Gasteiger partial charge is 0.420 e. The Morgan fingerprint density at radius 3 is 2.44 bits per heavy atom. The van der Waals surface area contributed by atoms with Gasteiger partial charge in [-0.2, -0.15) is 13.2 Å². The fourth-order valence-corrected chi connectivity index (χ4v) is 4.12. The first-order valence-corrected chi connectivity index (χ1v) is 11.1. The van der Waals surface area contributed by atoms with Crippen LogP contribution in [0.25, 0.3) is 0 Å². The molecule has 0 fully saturated rings. The van der Waals surface area contributed by atoms with Gasteiger partial charge in [-0.1, -0.05) is 42.5 Å². The molecular weight excluding hydrogens is 437 g/mol. The van der Waals surface area contributed by atoms with E-state index < -0.39 is 12.1 Å². The third kappa shape index (κ3) is 7.19. The highest BCUT2D eigenvalue weighted by atomic mass is 32.1. The quantitative estimate of drug-likeness (QED) is 0.328. The van der Waals surface area contributed by atoms with Crippen molar-refractivity contribution < 1.29 is 22.7 Å². The zero-order valence-electron chi connectivity index (χ0n) is 17.5. The summed E-state index contributed by atoms with van der Waals surface area (Å²) in [5.41, 5.74) is 8.21. The summed E-state index contributed by atoms with van der Waals surface area (Å²) in [6, 6.07) is 18.8. The number of nitrogens with two attached hydrogens (primary N) is 1. The van der Waals surface area contributed by atoms with E-state index in [1.54, 1.807) is 23.5 Å². The SMILES string of the molecule is NCc1ccc(OC(=O)C(F)(F)F)c(CN(CCCc2ccccc2)Cc2cccs2)c1. The van der Waals surface area contributed by atoms with Gasteiger partial charge < -0.3 is 10.5 Å². The number of hydrogen-bond acceptors (Lipinski definition) is 5. The molecule has 0 aliphatic heterocycles. The first kappa shape index (κ1) is 24.0. The van der Waals surface area contributed by atoms with Crippen molar-refractivity contribution in [3.63, 3.8) is 0 Å². The average molecular weight is 463 g/mol. The molecule has 2 aromatic carbocycles. The van der Waals surface area contributed by atoms with Gasteiger partial charge in [0.25, 0.3) is 0 Å². The summed E-state index contributed by atoms with van der Waals surface area (Å²) in [6.07, 6.45) is -3.29. The Bertz CT molecular complexity index is 992. The highest BCUT2D eigenvalue weighted by Crippen LogP contribution is 2.27. The second-order valence-electron chi connectivity index (χ2n) is 7.41. The van der Waals surface area contributed by atoms with Crippen molar-refractivity contribution in [1.82, 2.24) is 4.90 Å². The normalized spacial score (nSPS) is 11.7. The zero-order chi connectivity index (χ0) is 23.0. The minimum atomic E-state index is -5.06. The van der Waals surface area contributed by atoms with Crippen LogP contribution in [0.15, 0.2) is 66.0 Å². The molecule has 1 aromatic heterocycles. The van der Waals surface area contributed by atoms with E-state index in [4.69, 9.17) is 10.5 Å². The molecule has 0 atom stereocenters. The predicted octanol–water partition coefficient (Wildman–Crippen LogP) is 5.31. The van der Waals surface area contributed by atoms with Crippen molar-refractivity contribution in [2.24, 2.45) is 5.73 Å². The Labute approximate surface area is 189 Å². The van der Waals surface area contributed by atoms with E-state index >= 15 is 0 Å². The number of carbonyl (C=O) groups excluding carboxylic acids is 1. The third-order valence-electron chi connectivity index (χ3n) is 4.93. The van der Waals surface area contributed by atoms with Crippen molar-refractivity contribution in [3.05, 3.63) is 87.6 Å². The molecule has 0 radical (unpaired) electrons. The molecule has 8 heteroatoms. The van der Waals surface area contributed by atoms with Crippen molar-refractivity contribution in [2.75, 3.05) is 6.54 Å².